The molecule has 4 aromatic rings. The smallest absolute Gasteiger partial charge is 0.135 e. The first-order valence-corrected chi connectivity index (χ1v) is 10.7. The van der Waals surface area contributed by atoms with E-state index in [0.717, 1.165) is 48.8 Å². The average molecular weight is 429 g/mol. The molecule has 6 nitrogen and oxygen atoms in total. The van der Waals surface area contributed by atoms with Crippen LogP contribution in [0.1, 0.15) is 17.0 Å². The normalized spacial score (nSPS) is 14.0. The molecule has 162 valence electrons. The molecule has 0 saturated carbocycles. The summed E-state index contributed by atoms with van der Waals surface area (Å²) in [5, 5.41) is 4.19. The van der Waals surface area contributed by atoms with Gasteiger partial charge in [-0.05, 0) is 48.9 Å². The molecule has 0 spiro atoms. The molecule has 2 aromatic heterocycles. The molecule has 7 heteroatoms. The molecule has 5 rings (SSSR count). The quantitative estimate of drug-likeness (QED) is 0.499. The lowest BCUT2D eigenvalue weighted by molar-refractivity contribution is 0.122. The molecule has 0 bridgehead atoms. The van der Waals surface area contributed by atoms with E-state index in [2.05, 4.69) is 49.4 Å². The molecule has 32 heavy (non-hydrogen) atoms. The number of rotatable bonds is 5. The van der Waals surface area contributed by atoms with Crippen LogP contribution in [-0.4, -0.2) is 41.3 Å². The zero-order valence-electron chi connectivity index (χ0n) is 17.9. The molecule has 1 aliphatic rings. The Labute approximate surface area is 186 Å². The summed E-state index contributed by atoms with van der Waals surface area (Å²) < 4.78 is 19.3. The number of hydrogen-bond donors (Lipinski definition) is 1. The van der Waals surface area contributed by atoms with Crippen LogP contribution in [0.2, 0.25) is 0 Å². The van der Waals surface area contributed by atoms with Crippen LogP contribution in [0.15, 0.2) is 60.9 Å². The van der Waals surface area contributed by atoms with Gasteiger partial charge in [0.15, 0.2) is 0 Å². The monoisotopic (exact) mass is 429 g/mol. The minimum atomic E-state index is -0.258. The van der Waals surface area contributed by atoms with Crippen LogP contribution in [0.25, 0.3) is 10.9 Å². The van der Waals surface area contributed by atoms with Gasteiger partial charge in [0.2, 0.25) is 0 Å². The van der Waals surface area contributed by atoms with Crippen LogP contribution in [-0.2, 0) is 11.2 Å². The van der Waals surface area contributed by atoms with Crippen LogP contribution in [0, 0.1) is 12.7 Å². The molecule has 0 atom stereocenters. The van der Waals surface area contributed by atoms with Crippen LogP contribution in [0.3, 0.4) is 0 Å². The summed E-state index contributed by atoms with van der Waals surface area (Å²) in [5.41, 5.74) is 4.38. The van der Waals surface area contributed by atoms with E-state index in [1.54, 1.807) is 25.4 Å². The van der Waals surface area contributed by atoms with Crippen molar-refractivity contribution in [3.8, 4) is 0 Å². The summed E-state index contributed by atoms with van der Waals surface area (Å²) in [7, 11) is 0. The predicted octanol–water partition coefficient (Wildman–Crippen LogP) is 4.64. The zero-order valence-corrected chi connectivity index (χ0v) is 17.9. The Hall–Kier alpha value is -3.58. The maximum absolute atomic E-state index is 13.9. The number of fused-ring (bicyclic) bond motifs is 1. The first-order valence-electron chi connectivity index (χ1n) is 10.7. The highest BCUT2D eigenvalue weighted by Crippen LogP contribution is 2.27. The summed E-state index contributed by atoms with van der Waals surface area (Å²) in [6, 6.07) is 15.5. The third-order valence-electron chi connectivity index (χ3n) is 5.74. The second-order valence-electron chi connectivity index (χ2n) is 7.85. The molecule has 1 aliphatic heterocycles. The van der Waals surface area contributed by atoms with E-state index >= 15 is 0 Å². The number of pyridine rings is 1. The number of nitrogens with zero attached hydrogens (tertiary/aromatic N) is 4. The van der Waals surface area contributed by atoms with Crippen LogP contribution in [0.5, 0.6) is 0 Å². The third-order valence-corrected chi connectivity index (χ3v) is 5.74. The molecular weight excluding hydrogens is 405 g/mol. The van der Waals surface area contributed by atoms with Gasteiger partial charge in [-0.25, -0.2) is 14.4 Å². The molecule has 2 aromatic carbocycles. The molecule has 0 unspecified atom stereocenters. The zero-order chi connectivity index (χ0) is 21.9. The van der Waals surface area contributed by atoms with Crippen molar-refractivity contribution in [2.75, 3.05) is 36.5 Å². The van der Waals surface area contributed by atoms with Gasteiger partial charge in [-0.3, -0.25) is 4.98 Å². The van der Waals surface area contributed by atoms with Crippen LogP contribution in [0.4, 0.5) is 21.6 Å². The molecule has 1 N–H and O–H groups in total. The van der Waals surface area contributed by atoms with Gasteiger partial charge >= 0.3 is 0 Å². The van der Waals surface area contributed by atoms with E-state index < -0.39 is 0 Å². The first-order chi connectivity index (χ1) is 15.7. The van der Waals surface area contributed by atoms with Crippen molar-refractivity contribution in [2.45, 2.75) is 13.3 Å². The Morgan fingerprint density at radius 3 is 2.56 bits per heavy atom. The van der Waals surface area contributed by atoms with Crippen molar-refractivity contribution in [2.24, 2.45) is 0 Å². The third kappa shape index (κ3) is 4.24. The molecule has 0 amide bonds. The second-order valence-corrected chi connectivity index (χ2v) is 7.85. The molecular formula is C25H24FN5O. The van der Waals surface area contributed by atoms with Crippen molar-refractivity contribution >= 4 is 28.1 Å². The number of aromatic nitrogens is 3. The fourth-order valence-corrected chi connectivity index (χ4v) is 3.96. The minimum Gasteiger partial charge on any atom is -0.378 e. The van der Waals surface area contributed by atoms with Gasteiger partial charge in [0.05, 0.1) is 24.4 Å². The molecule has 0 aliphatic carbocycles. The van der Waals surface area contributed by atoms with E-state index in [-0.39, 0.29) is 5.82 Å². The number of benzene rings is 2. The van der Waals surface area contributed by atoms with Gasteiger partial charge in [-0.15, -0.1) is 0 Å². The lowest BCUT2D eigenvalue weighted by Crippen LogP contribution is -2.36. The molecule has 3 heterocycles. The number of hydrogen-bond acceptors (Lipinski definition) is 6. The lowest BCUT2D eigenvalue weighted by Gasteiger charge is -2.28. The summed E-state index contributed by atoms with van der Waals surface area (Å²) >= 11 is 0. The molecule has 1 fully saturated rings. The summed E-state index contributed by atoms with van der Waals surface area (Å²) in [5.74, 6) is 1.16. The maximum atomic E-state index is 13.9. The minimum absolute atomic E-state index is 0.258. The highest BCUT2D eigenvalue weighted by Gasteiger charge is 2.12. The highest BCUT2D eigenvalue weighted by molar-refractivity contribution is 5.94. The average Bonchev–Trinajstić information content (AvgIpc) is 2.83. The summed E-state index contributed by atoms with van der Waals surface area (Å²) in [6.45, 7) is 5.13. The Morgan fingerprint density at radius 1 is 0.969 bits per heavy atom. The van der Waals surface area contributed by atoms with Gasteiger partial charge < -0.3 is 15.0 Å². The van der Waals surface area contributed by atoms with Crippen LogP contribution >= 0.6 is 0 Å². The molecule has 0 radical (unpaired) electrons. The van der Waals surface area contributed by atoms with E-state index in [0.29, 0.717) is 23.3 Å². The predicted molar refractivity (Wildman–Crippen MR) is 124 cm³/mol. The molecule has 1 saturated heterocycles. The number of nitrogens with one attached hydrogen (secondary N) is 1. The number of anilines is 3. The topological polar surface area (TPSA) is 63.2 Å². The maximum Gasteiger partial charge on any atom is 0.135 e. The SMILES string of the molecule is Cc1c(F)ccc2c(Nc3ccnc(Cc4ccc(N5CCOCC5)cc4)n3)ccnc12. The van der Waals surface area contributed by atoms with Gasteiger partial charge in [-0.2, -0.15) is 0 Å². The summed E-state index contributed by atoms with van der Waals surface area (Å²) in [6.07, 6.45) is 4.07. The Bertz CT molecular complexity index is 1240. The Balaban J connectivity index is 1.33. The van der Waals surface area contributed by atoms with Crippen LogP contribution < -0.4 is 10.2 Å². The largest absolute Gasteiger partial charge is 0.378 e. The standard InChI is InChI=1S/C25H24FN5O/c1-17-21(26)7-6-20-22(8-10-28-25(17)20)29-23-9-11-27-24(30-23)16-18-2-4-19(5-3-18)31-12-14-32-15-13-31/h2-11H,12-16H2,1H3,(H,27,28,29,30). The number of halogens is 1. The number of ether oxygens (including phenoxy) is 1. The van der Waals surface area contributed by atoms with Gasteiger partial charge in [0.1, 0.15) is 17.5 Å². The van der Waals surface area contributed by atoms with Crippen molar-refractivity contribution in [1.29, 1.82) is 0 Å². The van der Waals surface area contributed by atoms with Crippen molar-refractivity contribution in [3.63, 3.8) is 0 Å². The Kier molecular flexibility index (Phi) is 5.64. The second kappa shape index (κ2) is 8.88. The number of aryl methyl sites for hydroxylation is 1. The fraction of sp³-hybridized carbons (Fsp3) is 0.240. The van der Waals surface area contributed by atoms with Gasteiger partial charge in [0.25, 0.3) is 0 Å². The van der Waals surface area contributed by atoms with E-state index in [1.165, 1.54) is 11.8 Å². The van der Waals surface area contributed by atoms with E-state index in [4.69, 9.17) is 4.74 Å². The Morgan fingerprint density at radius 2 is 1.75 bits per heavy atom. The van der Waals surface area contributed by atoms with E-state index in [1.807, 2.05) is 12.1 Å². The highest BCUT2D eigenvalue weighted by atomic mass is 19.1. The number of morpholine rings is 1. The summed E-state index contributed by atoms with van der Waals surface area (Å²) in [4.78, 5) is 15.8. The van der Waals surface area contributed by atoms with Gasteiger partial charge in [-0.1, -0.05) is 12.1 Å². The van der Waals surface area contributed by atoms with Crippen molar-refractivity contribution in [1.82, 2.24) is 15.0 Å². The van der Waals surface area contributed by atoms with Gasteiger partial charge in [0, 0.05) is 48.5 Å². The van der Waals surface area contributed by atoms with Crippen molar-refractivity contribution < 1.29 is 9.13 Å². The lowest BCUT2D eigenvalue weighted by atomic mass is 10.1. The van der Waals surface area contributed by atoms with Crippen molar-refractivity contribution in [3.05, 3.63) is 83.7 Å². The van der Waals surface area contributed by atoms with E-state index in [9.17, 15) is 4.39 Å². The fourth-order valence-electron chi connectivity index (χ4n) is 3.96. The first kappa shape index (κ1) is 20.3.